The van der Waals surface area contributed by atoms with Crippen LogP contribution < -0.4 is 5.32 Å². The summed E-state index contributed by atoms with van der Waals surface area (Å²) in [5.74, 6) is 6.28. The molecule has 0 bridgehead atoms. The molecule has 1 aromatic heterocycles. The van der Waals surface area contributed by atoms with Crippen LogP contribution in [-0.4, -0.2) is 24.2 Å². The number of fused-ring (bicyclic) bond motifs is 3. The van der Waals surface area contributed by atoms with Crippen LogP contribution in [0.3, 0.4) is 0 Å². The van der Waals surface area contributed by atoms with Crippen molar-refractivity contribution in [2.24, 2.45) is 0 Å². The lowest BCUT2D eigenvalue weighted by atomic mass is 9.98. The van der Waals surface area contributed by atoms with E-state index in [0.717, 1.165) is 15.6 Å². The number of aryl methyl sites for hydroxylation is 2. The second-order valence-electron chi connectivity index (χ2n) is 6.95. The van der Waals surface area contributed by atoms with Gasteiger partial charge in [0, 0.05) is 18.9 Å². The Bertz CT molecular complexity index is 1060. The number of hydrogen-bond donors (Lipinski definition) is 1. The number of thiazole rings is 1. The van der Waals surface area contributed by atoms with Gasteiger partial charge in [-0.25, -0.2) is 9.78 Å². The zero-order chi connectivity index (χ0) is 20.2. The third-order valence-corrected chi connectivity index (χ3v) is 5.96. The second-order valence-corrected chi connectivity index (χ2v) is 8.15. The highest BCUT2D eigenvalue weighted by Crippen LogP contribution is 2.44. The molecule has 1 aliphatic rings. The van der Waals surface area contributed by atoms with Crippen LogP contribution in [-0.2, 0) is 4.74 Å². The average Bonchev–Trinajstić information content (AvgIpc) is 3.22. The van der Waals surface area contributed by atoms with E-state index in [1.165, 1.54) is 22.3 Å². The molecule has 2 aromatic carbocycles. The Kier molecular flexibility index (Phi) is 5.64. The Morgan fingerprint density at radius 1 is 1.10 bits per heavy atom. The van der Waals surface area contributed by atoms with Crippen LogP contribution in [0.25, 0.3) is 11.1 Å². The molecule has 5 heteroatoms. The Morgan fingerprint density at radius 2 is 1.76 bits per heavy atom. The minimum Gasteiger partial charge on any atom is -0.449 e. The molecular formula is C24H22N2O2S. The van der Waals surface area contributed by atoms with Crippen LogP contribution in [0.15, 0.2) is 48.5 Å². The Hall–Kier alpha value is -3.10. The molecule has 4 rings (SSSR count). The molecule has 1 heterocycles. The van der Waals surface area contributed by atoms with E-state index in [-0.39, 0.29) is 5.92 Å². The molecule has 29 heavy (non-hydrogen) atoms. The van der Waals surface area contributed by atoms with Crippen LogP contribution in [0.1, 0.15) is 39.0 Å². The summed E-state index contributed by atoms with van der Waals surface area (Å²) >= 11 is 1.59. The fourth-order valence-electron chi connectivity index (χ4n) is 3.67. The third kappa shape index (κ3) is 4.18. The van der Waals surface area contributed by atoms with E-state index in [1.54, 1.807) is 11.3 Å². The van der Waals surface area contributed by atoms with Crippen molar-refractivity contribution in [3.05, 3.63) is 75.2 Å². The smallest absolute Gasteiger partial charge is 0.407 e. The number of nitrogens with one attached hydrogen (secondary N) is 1. The lowest BCUT2D eigenvalue weighted by Crippen LogP contribution is -2.26. The molecular weight excluding hydrogens is 380 g/mol. The van der Waals surface area contributed by atoms with Crippen LogP contribution in [0.5, 0.6) is 0 Å². The van der Waals surface area contributed by atoms with Gasteiger partial charge in [0.1, 0.15) is 6.61 Å². The average molecular weight is 403 g/mol. The first-order valence-corrected chi connectivity index (χ1v) is 10.5. The molecule has 0 unspecified atom stereocenters. The Morgan fingerprint density at radius 3 is 2.38 bits per heavy atom. The molecule has 0 fully saturated rings. The zero-order valence-electron chi connectivity index (χ0n) is 16.5. The molecule has 3 aromatic rings. The van der Waals surface area contributed by atoms with E-state index < -0.39 is 6.09 Å². The molecule has 0 radical (unpaired) electrons. The van der Waals surface area contributed by atoms with E-state index in [1.807, 2.05) is 38.1 Å². The zero-order valence-corrected chi connectivity index (χ0v) is 17.3. The maximum atomic E-state index is 12.1. The van der Waals surface area contributed by atoms with Gasteiger partial charge >= 0.3 is 6.09 Å². The van der Waals surface area contributed by atoms with Crippen molar-refractivity contribution in [3.63, 3.8) is 0 Å². The van der Waals surface area contributed by atoms with Gasteiger partial charge in [0.25, 0.3) is 0 Å². The van der Waals surface area contributed by atoms with Gasteiger partial charge in [-0.1, -0.05) is 60.4 Å². The summed E-state index contributed by atoms with van der Waals surface area (Å²) in [4.78, 5) is 17.5. The van der Waals surface area contributed by atoms with E-state index in [4.69, 9.17) is 4.74 Å². The maximum Gasteiger partial charge on any atom is 0.407 e. The van der Waals surface area contributed by atoms with Gasteiger partial charge < -0.3 is 10.1 Å². The minimum absolute atomic E-state index is 0.0745. The summed E-state index contributed by atoms with van der Waals surface area (Å²) < 4.78 is 5.52. The van der Waals surface area contributed by atoms with Crippen molar-refractivity contribution in [1.82, 2.24) is 10.3 Å². The maximum absolute atomic E-state index is 12.1. The fraction of sp³-hybridized carbons (Fsp3) is 0.250. The number of amides is 1. The first-order chi connectivity index (χ1) is 14.1. The van der Waals surface area contributed by atoms with E-state index in [9.17, 15) is 4.79 Å². The van der Waals surface area contributed by atoms with Gasteiger partial charge in [-0.15, -0.1) is 11.3 Å². The third-order valence-electron chi connectivity index (χ3n) is 4.97. The number of hydrogen-bond acceptors (Lipinski definition) is 4. The number of benzene rings is 2. The standard InChI is InChI=1S/C24H22N2O2S/c1-16-23(29-17(2)26-16)13-7-8-14-25-24(27)28-15-22-20-11-5-3-9-18(20)19-10-4-6-12-21(19)22/h3-6,9-12,22H,8,14-15H2,1-2H3,(H,25,27). The molecule has 0 saturated heterocycles. The highest BCUT2D eigenvalue weighted by Gasteiger charge is 2.28. The monoisotopic (exact) mass is 402 g/mol. The van der Waals surface area contributed by atoms with Crippen LogP contribution >= 0.6 is 11.3 Å². The molecule has 0 atom stereocenters. The second kappa shape index (κ2) is 8.50. The lowest BCUT2D eigenvalue weighted by molar-refractivity contribution is 0.143. The molecule has 1 amide bonds. The van der Waals surface area contributed by atoms with Crippen molar-refractivity contribution >= 4 is 17.4 Å². The summed E-state index contributed by atoms with van der Waals surface area (Å²) in [5, 5.41) is 3.80. The molecule has 1 N–H and O–H groups in total. The van der Waals surface area contributed by atoms with Gasteiger partial charge in [-0.3, -0.25) is 0 Å². The van der Waals surface area contributed by atoms with Gasteiger partial charge in [-0.2, -0.15) is 0 Å². The molecule has 4 nitrogen and oxygen atoms in total. The van der Waals surface area contributed by atoms with Crippen molar-refractivity contribution in [2.75, 3.05) is 13.2 Å². The largest absolute Gasteiger partial charge is 0.449 e. The first-order valence-electron chi connectivity index (χ1n) is 9.65. The molecule has 0 spiro atoms. The summed E-state index contributed by atoms with van der Waals surface area (Å²) in [7, 11) is 0. The SMILES string of the molecule is Cc1nc(C)c(C#CCCNC(=O)OCC2c3ccccc3-c3ccccc32)s1. The minimum atomic E-state index is -0.404. The summed E-state index contributed by atoms with van der Waals surface area (Å²) in [5.41, 5.74) is 5.83. The molecule has 1 aliphatic carbocycles. The predicted octanol–water partition coefficient (Wildman–Crippen LogP) is 5.04. The van der Waals surface area contributed by atoms with Crippen LogP contribution in [0.4, 0.5) is 4.79 Å². The van der Waals surface area contributed by atoms with Crippen molar-refractivity contribution in [3.8, 4) is 23.0 Å². The molecule has 146 valence electrons. The van der Waals surface area contributed by atoms with Gasteiger partial charge in [-0.05, 0) is 36.1 Å². The Labute approximate surface area is 175 Å². The predicted molar refractivity (Wildman–Crippen MR) is 116 cm³/mol. The number of carbonyl (C=O) groups excluding carboxylic acids is 1. The highest BCUT2D eigenvalue weighted by atomic mass is 32.1. The van der Waals surface area contributed by atoms with Crippen LogP contribution in [0.2, 0.25) is 0 Å². The normalized spacial score (nSPS) is 11.9. The van der Waals surface area contributed by atoms with Crippen molar-refractivity contribution in [2.45, 2.75) is 26.2 Å². The number of aromatic nitrogens is 1. The van der Waals surface area contributed by atoms with Gasteiger partial charge in [0.05, 0.1) is 15.6 Å². The summed E-state index contributed by atoms with van der Waals surface area (Å²) in [6.07, 6.45) is 0.166. The van der Waals surface area contributed by atoms with Crippen molar-refractivity contribution < 1.29 is 9.53 Å². The van der Waals surface area contributed by atoms with Crippen molar-refractivity contribution in [1.29, 1.82) is 0 Å². The quantitative estimate of drug-likeness (QED) is 0.491. The van der Waals surface area contributed by atoms with E-state index in [0.29, 0.717) is 19.6 Å². The number of rotatable bonds is 4. The Balaban J connectivity index is 1.30. The molecule has 0 saturated carbocycles. The van der Waals surface area contributed by atoms with E-state index in [2.05, 4.69) is 46.4 Å². The van der Waals surface area contributed by atoms with Crippen LogP contribution in [0, 0.1) is 25.7 Å². The molecule has 0 aliphatic heterocycles. The summed E-state index contributed by atoms with van der Waals surface area (Å²) in [6, 6.07) is 16.6. The summed E-state index contributed by atoms with van der Waals surface area (Å²) in [6.45, 7) is 4.72. The van der Waals surface area contributed by atoms with E-state index >= 15 is 0 Å². The highest BCUT2D eigenvalue weighted by molar-refractivity contribution is 7.12. The number of nitrogens with zero attached hydrogens (tertiary/aromatic N) is 1. The fourth-order valence-corrected chi connectivity index (χ4v) is 4.46. The van der Waals surface area contributed by atoms with Gasteiger partial charge in [0.2, 0.25) is 0 Å². The first kappa shape index (κ1) is 19.2. The van der Waals surface area contributed by atoms with Gasteiger partial charge in [0.15, 0.2) is 0 Å². The topological polar surface area (TPSA) is 51.2 Å². The lowest BCUT2D eigenvalue weighted by Gasteiger charge is -2.14. The number of alkyl carbamates (subject to hydrolysis) is 1. The number of ether oxygens (including phenoxy) is 1. The number of carbonyl (C=O) groups is 1.